The molecular formula is C23H26F5N7O2. The number of aromatic nitrogens is 3. The average Bonchev–Trinajstić information content (AvgIpc) is 2.85. The molecule has 2 aromatic rings. The molecule has 3 heterocycles. The molecular weight excluding hydrogens is 501 g/mol. The van der Waals surface area contributed by atoms with Crippen LogP contribution in [0.2, 0.25) is 0 Å². The van der Waals surface area contributed by atoms with Gasteiger partial charge in [0.05, 0.1) is 44.0 Å². The van der Waals surface area contributed by atoms with Gasteiger partial charge in [0.1, 0.15) is 17.3 Å². The second-order valence-corrected chi connectivity index (χ2v) is 8.51. The molecule has 1 fully saturated rings. The molecule has 3 rings (SSSR count). The van der Waals surface area contributed by atoms with Crippen molar-refractivity contribution >= 4 is 23.0 Å². The van der Waals surface area contributed by atoms with Crippen LogP contribution in [0.5, 0.6) is 5.75 Å². The summed E-state index contributed by atoms with van der Waals surface area (Å²) in [5.41, 5.74) is -1.40. The number of hydrogen-bond acceptors (Lipinski definition) is 8. The SMILES string of the molecule is CN/C=C(\C(=N)C(=O)N1CC(F)(F)C[C@@H](C)C1CNc1cnc(C(F)(F)F)cn1)c1ccc(OC)cn1. The van der Waals surface area contributed by atoms with E-state index in [1.54, 1.807) is 13.1 Å². The number of amides is 1. The molecule has 37 heavy (non-hydrogen) atoms. The highest BCUT2D eigenvalue weighted by Gasteiger charge is 2.47. The van der Waals surface area contributed by atoms with Gasteiger partial charge in [-0.25, -0.2) is 18.7 Å². The second-order valence-electron chi connectivity index (χ2n) is 8.51. The molecule has 0 bridgehead atoms. The van der Waals surface area contributed by atoms with Gasteiger partial charge in [0.15, 0.2) is 5.69 Å². The van der Waals surface area contributed by atoms with E-state index >= 15 is 0 Å². The zero-order valence-electron chi connectivity index (χ0n) is 20.2. The fraction of sp³-hybridized carbons (Fsp3) is 0.435. The number of ether oxygens (including phenoxy) is 1. The smallest absolute Gasteiger partial charge is 0.434 e. The van der Waals surface area contributed by atoms with E-state index in [0.29, 0.717) is 11.9 Å². The molecule has 1 unspecified atom stereocenters. The fourth-order valence-corrected chi connectivity index (χ4v) is 3.99. The number of nitrogens with zero attached hydrogens (tertiary/aromatic N) is 4. The molecule has 0 aromatic carbocycles. The third kappa shape index (κ3) is 6.68. The molecule has 0 saturated carbocycles. The molecule has 1 saturated heterocycles. The Morgan fingerprint density at radius 3 is 2.51 bits per heavy atom. The Morgan fingerprint density at radius 1 is 1.24 bits per heavy atom. The second kappa shape index (κ2) is 11.0. The highest BCUT2D eigenvalue weighted by Crippen LogP contribution is 2.35. The van der Waals surface area contributed by atoms with E-state index in [-0.39, 0.29) is 23.6 Å². The molecule has 3 N–H and O–H groups in total. The summed E-state index contributed by atoms with van der Waals surface area (Å²) >= 11 is 0. The first-order chi connectivity index (χ1) is 17.4. The first-order valence-corrected chi connectivity index (χ1v) is 11.1. The van der Waals surface area contributed by atoms with E-state index < -0.39 is 54.3 Å². The van der Waals surface area contributed by atoms with Gasteiger partial charge in [-0.3, -0.25) is 15.2 Å². The number of piperidine rings is 1. The van der Waals surface area contributed by atoms with Crippen LogP contribution in [0.1, 0.15) is 24.7 Å². The number of likely N-dealkylation sites (tertiary alicyclic amines) is 1. The number of anilines is 1. The van der Waals surface area contributed by atoms with Gasteiger partial charge in [-0.1, -0.05) is 6.92 Å². The maximum absolute atomic E-state index is 14.5. The third-order valence-corrected chi connectivity index (χ3v) is 5.79. The summed E-state index contributed by atoms with van der Waals surface area (Å²) in [4.78, 5) is 25.5. The number of methoxy groups -OCH3 is 1. The van der Waals surface area contributed by atoms with Crippen molar-refractivity contribution in [3.05, 3.63) is 48.3 Å². The monoisotopic (exact) mass is 527 g/mol. The van der Waals surface area contributed by atoms with E-state index in [2.05, 4.69) is 25.6 Å². The number of carbonyl (C=O) groups is 1. The molecule has 2 atom stereocenters. The molecule has 200 valence electrons. The summed E-state index contributed by atoms with van der Waals surface area (Å²) in [6.07, 6.45) is -0.972. The Bertz CT molecular complexity index is 1140. The molecule has 1 aliphatic rings. The number of nitrogens with one attached hydrogen (secondary N) is 3. The minimum atomic E-state index is -4.66. The van der Waals surface area contributed by atoms with Gasteiger partial charge >= 0.3 is 6.18 Å². The number of pyridine rings is 1. The number of alkyl halides is 5. The van der Waals surface area contributed by atoms with Crippen molar-refractivity contribution in [3.63, 3.8) is 0 Å². The standard InChI is InChI=1S/C23H26F5N7O2/c1-13-6-22(24,25)12-35(17(13)9-33-19-11-32-18(10-34-19)23(26,27)28)21(36)20(29)15(8-30-2)16-5-4-14(37-3)7-31-16/h4-5,7-8,10-11,13,17,29-30H,6,9,12H2,1-3H3,(H,33,34)/b15-8-,29-20?/t13-,17?/m1/s1. The van der Waals surface area contributed by atoms with Crippen LogP contribution in [-0.4, -0.2) is 70.7 Å². The van der Waals surface area contributed by atoms with Crippen LogP contribution in [0.15, 0.2) is 36.9 Å². The summed E-state index contributed by atoms with van der Waals surface area (Å²) in [7, 11) is 3.00. The third-order valence-electron chi connectivity index (χ3n) is 5.79. The molecule has 1 aliphatic heterocycles. The summed E-state index contributed by atoms with van der Waals surface area (Å²) in [6, 6.07) is 2.30. The summed E-state index contributed by atoms with van der Waals surface area (Å²) in [5, 5.41) is 14.0. The van der Waals surface area contributed by atoms with E-state index in [9.17, 15) is 26.7 Å². The van der Waals surface area contributed by atoms with Crippen LogP contribution in [-0.2, 0) is 11.0 Å². The van der Waals surface area contributed by atoms with Gasteiger partial charge in [0.2, 0.25) is 0 Å². The zero-order valence-corrected chi connectivity index (χ0v) is 20.2. The van der Waals surface area contributed by atoms with Crippen LogP contribution in [0.3, 0.4) is 0 Å². The van der Waals surface area contributed by atoms with Crippen molar-refractivity contribution in [2.24, 2.45) is 5.92 Å². The largest absolute Gasteiger partial charge is 0.495 e. The van der Waals surface area contributed by atoms with Crippen molar-refractivity contribution in [1.29, 1.82) is 5.41 Å². The van der Waals surface area contributed by atoms with Crippen LogP contribution >= 0.6 is 0 Å². The van der Waals surface area contributed by atoms with Crippen molar-refractivity contribution in [1.82, 2.24) is 25.2 Å². The number of halogens is 5. The van der Waals surface area contributed by atoms with E-state index in [0.717, 1.165) is 11.1 Å². The Labute approximate surface area is 209 Å². The molecule has 9 nitrogen and oxygen atoms in total. The van der Waals surface area contributed by atoms with Crippen LogP contribution in [0, 0.1) is 11.3 Å². The number of carbonyl (C=O) groups excluding carboxylic acids is 1. The Balaban J connectivity index is 1.84. The number of rotatable bonds is 8. The Morgan fingerprint density at radius 2 is 1.97 bits per heavy atom. The normalized spacial score (nSPS) is 19.8. The van der Waals surface area contributed by atoms with Gasteiger partial charge < -0.3 is 20.3 Å². The lowest BCUT2D eigenvalue weighted by atomic mass is 9.87. The summed E-state index contributed by atoms with van der Waals surface area (Å²) < 4.78 is 72.3. The molecule has 0 spiro atoms. The minimum absolute atomic E-state index is 0.0155. The maximum atomic E-state index is 14.5. The predicted molar refractivity (Wildman–Crippen MR) is 125 cm³/mol. The van der Waals surface area contributed by atoms with Crippen molar-refractivity contribution in [2.75, 3.05) is 32.6 Å². The molecule has 1 amide bonds. The molecule has 14 heteroatoms. The van der Waals surface area contributed by atoms with Gasteiger partial charge in [-0.15, -0.1) is 0 Å². The zero-order chi connectivity index (χ0) is 27.4. The lowest BCUT2D eigenvalue weighted by Crippen LogP contribution is -2.58. The van der Waals surface area contributed by atoms with Gasteiger partial charge in [0.25, 0.3) is 11.8 Å². The predicted octanol–water partition coefficient (Wildman–Crippen LogP) is 3.46. The summed E-state index contributed by atoms with van der Waals surface area (Å²) in [5.74, 6) is -4.40. The minimum Gasteiger partial charge on any atom is -0.495 e. The quantitative estimate of drug-likeness (QED) is 0.356. The topological polar surface area (TPSA) is 116 Å². The van der Waals surface area contributed by atoms with Gasteiger partial charge in [-0.2, -0.15) is 13.2 Å². The van der Waals surface area contributed by atoms with E-state index in [4.69, 9.17) is 10.1 Å². The van der Waals surface area contributed by atoms with Gasteiger partial charge in [0, 0.05) is 31.8 Å². The lowest BCUT2D eigenvalue weighted by molar-refractivity contribution is -0.145. The maximum Gasteiger partial charge on any atom is 0.434 e. The average molecular weight is 527 g/mol. The number of hydrogen-bond donors (Lipinski definition) is 3. The lowest BCUT2D eigenvalue weighted by Gasteiger charge is -2.43. The van der Waals surface area contributed by atoms with Crippen molar-refractivity contribution in [2.45, 2.75) is 31.5 Å². The fourth-order valence-electron chi connectivity index (χ4n) is 3.99. The van der Waals surface area contributed by atoms with Crippen LogP contribution in [0.4, 0.5) is 27.8 Å². The van der Waals surface area contributed by atoms with Crippen LogP contribution in [0.25, 0.3) is 5.57 Å². The van der Waals surface area contributed by atoms with Crippen molar-refractivity contribution in [3.8, 4) is 5.75 Å². The summed E-state index contributed by atoms with van der Waals surface area (Å²) in [6.45, 7) is 0.520. The van der Waals surface area contributed by atoms with E-state index in [1.165, 1.54) is 32.5 Å². The molecule has 0 radical (unpaired) electrons. The first-order valence-electron chi connectivity index (χ1n) is 11.1. The highest BCUT2D eigenvalue weighted by molar-refractivity contribution is 6.54. The highest BCUT2D eigenvalue weighted by atomic mass is 19.4. The van der Waals surface area contributed by atoms with Crippen molar-refractivity contribution < 1.29 is 31.5 Å². The van der Waals surface area contributed by atoms with E-state index in [1.807, 2.05) is 0 Å². The first kappa shape index (κ1) is 27.7. The Hall–Kier alpha value is -3.84. The van der Waals surface area contributed by atoms with Gasteiger partial charge in [-0.05, 0) is 18.1 Å². The molecule has 0 aliphatic carbocycles. The van der Waals surface area contributed by atoms with Crippen LogP contribution < -0.4 is 15.4 Å². The molecule has 2 aromatic heterocycles. The Kier molecular flexibility index (Phi) is 8.28.